The van der Waals surface area contributed by atoms with Crippen LogP contribution in [0, 0.1) is 11.8 Å². The largest absolute Gasteiger partial charge is 0.396 e. The SMILES string of the molecule is O=C1[C@@H]2[C@H](C(=O)N1CCCCCCO)[C@H]1C=C[C@@H]2O1. The first-order valence-electron chi connectivity index (χ1n) is 7.04. The fourth-order valence-corrected chi connectivity index (χ4v) is 3.32. The van der Waals surface area contributed by atoms with E-state index in [-0.39, 0.29) is 42.5 Å². The van der Waals surface area contributed by atoms with Crippen LogP contribution in [-0.2, 0) is 14.3 Å². The van der Waals surface area contributed by atoms with Crippen LogP contribution in [0.3, 0.4) is 0 Å². The summed E-state index contributed by atoms with van der Waals surface area (Å²) in [6, 6.07) is 0. The Kier molecular flexibility index (Phi) is 3.41. The standard InChI is InChI=1S/C14H19NO4/c16-8-4-2-1-3-7-15-13(17)11-9-5-6-10(19-9)12(11)14(15)18/h5-6,9-12,16H,1-4,7-8H2/t9-,10+,11-,12+. The van der Waals surface area contributed by atoms with Gasteiger partial charge in [0.15, 0.2) is 0 Å². The van der Waals surface area contributed by atoms with E-state index in [4.69, 9.17) is 9.84 Å². The zero-order chi connectivity index (χ0) is 13.4. The first kappa shape index (κ1) is 12.8. The molecule has 0 aromatic rings. The number of aliphatic hydroxyl groups is 1. The Morgan fingerprint density at radius 1 is 1.00 bits per heavy atom. The van der Waals surface area contributed by atoms with Crippen LogP contribution in [0.5, 0.6) is 0 Å². The Balaban J connectivity index is 1.57. The number of rotatable bonds is 6. The molecule has 0 aromatic heterocycles. The third-order valence-electron chi connectivity index (χ3n) is 4.29. The molecule has 3 rings (SSSR count). The normalized spacial score (nSPS) is 35.5. The molecule has 5 heteroatoms. The van der Waals surface area contributed by atoms with E-state index in [1.807, 2.05) is 12.2 Å². The number of fused-ring (bicyclic) bond motifs is 5. The molecule has 19 heavy (non-hydrogen) atoms. The van der Waals surface area contributed by atoms with E-state index in [9.17, 15) is 9.59 Å². The van der Waals surface area contributed by atoms with E-state index in [1.54, 1.807) is 0 Å². The highest BCUT2D eigenvalue weighted by Gasteiger charge is 2.60. The van der Waals surface area contributed by atoms with Gasteiger partial charge < -0.3 is 9.84 Å². The van der Waals surface area contributed by atoms with Crippen LogP contribution in [0.1, 0.15) is 25.7 Å². The first-order valence-corrected chi connectivity index (χ1v) is 7.04. The molecule has 104 valence electrons. The van der Waals surface area contributed by atoms with Gasteiger partial charge >= 0.3 is 0 Å². The number of unbranched alkanes of at least 4 members (excludes halogenated alkanes) is 3. The molecule has 3 aliphatic rings. The van der Waals surface area contributed by atoms with Gasteiger partial charge in [-0.2, -0.15) is 0 Å². The minimum atomic E-state index is -0.278. The van der Waals surface area contributed by atoms with Crippen LogP contribution in [-0.4, -0.2) is 47.2 Å². The number of imide groups is 1. The molecular formula is C14H19NO4. The highest BCUT2D eigenvalue weighted by molar-refractivity contribution is 6.06. The number of ether oxygens (including phenoxy) is 1. The van der Waals surface area contributed by atoms with Gasteiger partial charge in [0, 0.05) is 13.2 Å². The van der Waals surface area contributed by atoms with Crippen LogP contribution in [0.25, 0.3) is 0 Å². The van der Waals surface area contributed by atoms with Crippen molar-refractivity contribution in [1.29, 1.82) is 0 Å². The summed E-state index contributed by atoms with van der Waals surface area (Å²) in [5, 5.41) is 8.70. The van der Waals surface area contributed by atoms with Crippen molar-refractivity contribution in [3.63, 3.8) is 0 Å². The lowest BCUT2D eigenvalue weighted by Crippen LogP contribution is -2.35. The summed E-state index contributed by atoms with van der Waals surface area (Å²) in [7, 11) is 0. The lowest BCUT2D eigenvalue weighted by Gasteiger charge is -2.17. The van der Waals surface area contributed by atoms with Gasteiger partial charge in [0.05, 0.1) is 24.0 Å². The van der Waals surface area contributed by atoms with Crippen molar-refractivity contribution in [2.24, 2.45) is 11.8 Å². The summed E-state index contributed by atoms with van der Waals surface area (Å²) in [6.07, 6.45) is 6.92. The molecule has 0 unspecified atom stereocenters. The Bertz CT molecular complexity index is 390. The minimum absolute atomic E-state index is 0.0611. The molecule has 1 N–H and O–H groups in total. The summed E-state index contributed by atoms with van der Waals surface area (Å²) >= 11 is 0. The number of hydrogen-bond acceptors (Lipinski definition) is 4. The smallest absolute Gasteiger partial charge is 0.236 e. The second kappa shape index (κ2) is 5.06. The molecule has 0 aromatic carbocycles. The van der Waals surface area contributed by atoms with Crippen molar-refractivity contribution in [3.8, 4) is 0 Å². The van der Waals surface area contributed by atoms with Gasteiger partial charge in [-0.05, 0) is 12.8 Å². The summed E-state index contributed by atoms with van der Waals surface area (Å²) in [5.41, 5.74) is 0. The summed E-state index contributed by atoms with van der Waals surface area (Å²) in [6.45, 7) is 0.716. The van der Waals surface area contributed by atoms with Gasteiger partial charge in [-0.25, -0.2) is 0 Å². The van der Waals surface area contributed by atoms with Gasteiger partial charge in [0.25, 0.3) is 0 Å². The number of carbonyl (C=O) groups is 2. The van der Waals surface area contributed by atoms with Crippen LogP contribution in [0.15, 0.2) is 12.2 Å². The lowest BCUT2D eigenvalue weighted by atomic mass is 9.85. The second-order valence-corrected chi connectivity index (χ2v) is 5.47. The number of nitrogens with zero attached hydrogens (tertiary/aromatic N) is 1. The van der Waals surface area contributed by atoms with Crippen molar-refractivity contribution >= 4 is 11.8 Å². The summed E-state index contributed by atoms with van der Waals surface area (Å²) in [4.78, 5) is 25.9. The monoisotopic (exact) mass is 265 g/mol. The third-order valence-corrected chi connectivity index (χ3v) is 4.29. The molecule has 2 bridgehead atoms. The molecule has 4 atom stereocenters. The van der Waals surface area contributed by atoms with Crippen molar-refractivity contribution in [2.45, 2.75) is 37.9 Å². The summed E-state index contributed by atoms with van der Waals surface area (Å²) < 4.78 is 5.58. The molecule has 0 spiro atoms. The maximum absolute atomic E-state index is 12.3. The quantitative estimate of drug-likeness (QED) is 0.431. The fraction of sp³-hybridized carbons (Fsp3) is 0.714. The van der Waals surface area contributed by atoms with E-state index in [0.29, 0.717) is 6.54 Å². The van der Waals surface area contributed by atoms with Crippen LogP contribution >= 0.6 is 0 Å². The Hall–Kier alpha value is -1.20. The average molecular weight is 265 g/mol. The maximum Gasteiger partial charge on any atom is 0.236 e. The molecule has 2 amide bonds. The first-order chi connectivity index (χ1) is 9.24. The van der Waals surface area contributed by atoms with Gasteiger partial charge in [-0.3, -0.25) is 14.5 Å². The molecule has 0 radical (unpaired) electrons. The number of likely N-dealkylation sites (tertiary alicyclic amines) is 1. The Labute approximate surface area is 112 Å². The number of amides is 2. The Morgan fingerprint density at radius 3 is 2.16 bits per heavy atom. The molecule has 5 nitrogen and oxygen atoms in total. The van der Waals surface area contributed by atoms with Crippen molar-refractivity contribution in [2.75, 3.05) is 13.2 Å². The van der Waals surface area contributed by atoms with Crippen molar-refractivity contribution < 1.29 is 19.4 Å². The maximum atomic E-state index is 12.3. The predicted molar refractivity (Wildman–Crippen MR) is 67.1 cm³/mol. The van der Waals surface area contributed by atoms with E-state index in [0.717, 1.165) is 25.7 Å². The average Bonchev–Trinajstić information content (AvgIpc) is 3.06. The van der Waals surface area contributed by atoms with E-state index < -0.39 is 0 Å². The third kappa shape index (κ3) is 2.01. The van der Waals surface area contributed by atoms with Gasteiger partial charge in [-0.15, -0.1) is 0 Å². The number of hydrogen-bond donors (Lipinski definition) is 1. The lowest BCUT2D eigenvalue weighted by molar-refractivity contribution is -0.142. The van der Waals surface area contributed by atoms with E-state index in [1.165, 1.54) is 4.90 Å². The number of aliphatic hydroxyl groups excluding tert-OH is 1. The topological polar surface area (TPSA) is 66.8 Å². The van der Waals surface area contributed by atoms with E-state index >= 15 is 0 Å². The van der Waals surface area contributed by atoms with Crippen molar-refractivity contribution in [1.82, 2.24) is 4.90 Å². The molecule has 3 aliphatic heterocycles. The predicted octanol–water partition coefficient (Wildman–Crippen LogP) is 0.477. The van der Waals surface area contributed by atoms with Crippen molar-refractivity contribution in [3.05, 3.63) is 12.2 Å². The fourth-order valence-electron chi connectivity index (χ4n) is 3.32. The van der Waals surface area contributed by atoms with E-state index in [2.05, 4.69) is 0 Å². The highest BCUT2D eigenvalue weighted by Crippen LogP contribution is 2.45. The summed E-state index contributed by atoms with van der Waals surface area (Å²) in [5.74, 6) is -0.678. The minimum Gasteiger partial charge on any atom is -0.396 e. The molecular weight excluding hydrogens is 246 g/mol. The molecule has 3 heterocycles. The Morgan fingerprint density at radius 2 is 1.58 bits per heavy atom. The number of carbonyl (C=O) groups excluding carboxylic acids is 2. The zero-order valence-corrected chi connectivity index (χ0v) is 10.8. The molecule has 2 fully saturated rings. The van der Waals surface area contributed by atoms with Gasteiger partial charge in [0.2, 0.25) is 11.8 Å². The van der Waals surface area contributed by atoms with Crippen LogP contribution < -0.4 is 0 Å². The second-order valence-electron chi connectivity index (χ2n) is 5.47. The van der Waals surface area contributed by atoms with Crippen LogP contribution in [0.2, 0.25) is 0 Å². The molecule has 0 saturated carbocycles. The van der Waals surface area contributed by atoms with Gasteiger partial charge in [-0.1, -0.05) is 25.0 Å². The van der Waals surface area contributed by atoms with Gasteiger partial charge in [0.1, 0.15) is 0 Å². The molecule has 2 saturated heterocycles. The zero-order valence-electron chi connectivity index (χ0n) is 10.8. The molecule has 0 aliphatic carbocycles. The highest BCUT2D eigenvalue weighted by atomic mass is 16.5. The van der Waals surface area contributed by atoms with Crippen LogP contribution in [0.4, 0.5) is 0 Å².